The second-order valence-corrected chi connectivity index (χ2v) is 6.49. The lowest BCUT2D eigenvalue weighted by Gasteiger charge is -2.28. The van der Waals surface area contributed by atoms with E-state index in [0.717, 1.165) is 5.92 Å². The van der Waals surface area contributed by atoms with Crippen LogP contribution >= 0.6 is 0 Å². The summed E-state index contributed by atoms with van der Waals surface area (Å²) in [6.45, 7) is 4.92. The lowest BCUT2D eigenvalue weighted by molar-refractivity contribution is 0.363. The number of rotatable bonds is 0. The third kappa shape index (κ3) is 6.27. The van der Waals surface area contributed by atoms with E-state index in [4.69, 9.17) is 0 Å². The van der Waals surface area contributed by atoms with Gasteiger partial charge in [0.2, 0.25) is 0 Å². The lowest BCUT2D eigenvalue weighted by atomic mass is 9.62. The molecule has 0 radical (unpaired) electrons. The molecule has 0 bridgehead atoms. The molecule has 1 aliphatic carbocycles. The summed E-state index contributed by atoms with van der Waals surface area (Å²) in [6, 6.07) is 0. The number of hydrogen-bond acceptors (Lipinski definition) is 0. The van der Waals surface area contributed by atoms with Gasteiger partial charge in [0.1, 0.15) is 7.85 Å². The fourth-order valence-corrected chi connectivity index (χ4v) is 3.13. The lowest BCUT2D eigenvalue weighted by Crippen LogP contribution is -2.13. The van der Waals surface area contributed by atoms with Crippen LogP contribution in [-0.2, 0) is 0 Å². The minimum absolute atomic E-state index is 0.596. The van der Waals surface area contributed by atoms with E-state index in [2.05, 4.69) is 21.7 Å². The van der Waals surface area contributed by atoms with E-state index >= 15 is 0 Å². The molecule has 0 amide bonds. The van der Waals surface area contributed by atoms with Gasteiger partial charge in [0.15, 0.2) is 0 Å². The molecule has 88 valence electrons. The molecular weight excluding hydrogens is 179 g/mol. The first kappa shape index (κ1) is 13.1. The average Bonchev–Trinajstić information content (AvgIpc) is 2.12. The van der Waals surface area contributed by atoms with Gasteiger partial charge < -0.3 is 0 Å². The molecule has 0 aromatic heterocycles. The van der Waals surface area contributed by atoms with Crippen LogP contribution in [-0.4, -0.2) is 7.85 Å². The summed E-state index contributed by atoms with van der Waals surface area (Å²) in [4.78, 5) is 0. The maximum absolute atomic E-state index is 2.47. The molecule has 0 heterocycles. The van der Waals surface area contributed by atoms with Crippen molar-refractivity contribution in [1.29, 1.82) is 0 Å². The van der Waals surface area contributed by atoms with Crippen molar-refractivity contribution in [2.75, 3.05) is 0 Å². The second-order valence-electron chi connectivity index (χ2n) is 6.49. The van der Waals surface area contributed by atoms with Gasteiger partial charge in [0.25, 0.3) is 0 Å². The summed E-state index contributed by atoms with van der Waals surface area (Å²) in [5.41, 5.74) is 0. The summed E-state index contributed by atoms with van der Waals surface area (Å²) in [6.07, 6.45) is 14.7. The quantitative estimate of drug-likeness (QED) is 0.519. The van der Waals surface area contributed by atoms with E-state index in [1.54, 1.807) is 0 Å². The zero-order chi connectivity index (χ0) is 11.1. The zero-order valence-electron chi connectivity index (χ0n) is 11.1. The molecule has 1 heteroatoms. The van der Waals surface area contributed by atoms with Gasteiger partial charge in [-0.15, -0.1) is 0 Å². The molecule has 0 saturated heterocycles. The Morgan fingerprint density at radius 3 is 2.13 bits per heavy atom. The molecule has 1 aliphatic rings. The molecule has 1 saturated carbocycles. The Bertz CT molecular complexity index is 163. The molecule has 0 aromatic rings. The topological polar surface area (TPSA) is 0 Å². The Labute approximate surface area is 97.6 Å². The van der Waals surface area contributed by atoms with Crippen molar-refractivity contribution in [3.05, 3.63) is 0 Å². The SMILES string of the molecule is BC1(C)CCCCCCCCCC(C)C1. The van der Waals surface area contributed by atoms with Crippen LogP contribution in [0.25, 0.3) is 0 Å². The van der Waals surface area contributed by atoms with Gasteiger partial charge in [-0.25, -0.2) is 0 Å². The van der Waals surface area contributed by atoms with Crippen molar-refractivity contribution in [2.24, 2.45) is 5.92 Å². The van der Waals surface area contributed by atoms with E-state index in [0.29, 0.717) is 5.31 Å². The van der Waals surface area contributed by atoms with E-state index in [1.807, 2.05) is 0 Å². The van der Waals surface area contributed by atoms with Crippen molar-refractivity contribution in [3.8, 4) is 0 Å². The van der Waals surface area contributed by atoms with Gasteiger partial charge in [-0.3, -0.25) is 0 Å². The molecular formula is C14H29B. The Morgan fingerprint density at radius 1 is 0.933 bits per heavy atom. The smallest absolute Gasteiger partial charge is 0.0669 e. The van der Waals surface area contributed by atoms with E-state index in [1.165, 1.54) is 64.2 Å². The molecule has 0 nitrogen and oxygen atoms in total. The van der Waals surface area contributed by atoms with Gasteiger partial charge in [0, 0.05) is 0 Å². The highest BCUT2D eigenvalue weighted by molar-refractivity contribution is 6.14. The zero-order valence-corrected chi connectivity index (χ0v) is 11.1. The first-order valence-electron chi connectivity index (χ1n) is 7.10. The van der Waals surface area contributed by atoms with Crippen LogP contribution in [0, 0.1) is 5.92 Å². The van der Waals surface area contributed by atoms with Crippen LogP contribution in [0.1, 0.15) is 78.1 Å². The predicted molar refractivity (Wildman–Crippen MR) is 72.2 cm³/mol. The molecule has 0 aliphatic heterocycles. The molecule has 0 N–H and O–H groups in total. The van der Waals surface area contributed by atoms with Crippen molar-refractivity contribution < 1.29 is 0 Å². The maximum Gasteiger partial charge on any atom is 0.109 e. The third-order valence-corrected chi connectivity index (χ3v) is 3.95. The van der Waals surface area contributed by atoms with Gasteiger partial charge in [-0.2, -0.15) is 0 Å². The molecule has 0 aromatic carbocycles. The Morgan fingerprint density at radius 2 is 1.47 bits per heavy atom. The highest BCUT2D eigenvalue weighted by atomic mass is 14.2. The molecule has 0 spiro atoms. The Kier molecular flexibility index (Phi) is 5.78. The highest BCUT2D eigenvalue weighted by Gasteiger charge is 2.20. The van der Waals surface area contributed by atoms with Crippen LogP contribution in [0.4, 0.5) is 0 Å². The van der Waals surface area contributed by atoms with Gasteiger partial charge in [-0.1, -0.05) is 83.4 Å². The summed E-state index contributed by atoms with van der Waals surface area (Å²) in [7, 11) is 2.47. The standard InChI is InChI=1S/C14H29B/c1-13-10-8-6-4-3-5-7-9-11-14(2,15)12-13/h13H,3-12,15H2,1-2H3. The predicted octanol–water partition coefficient (Wildman–Crippen LogP) is 4.35. The van der Waals surface area contributed by atoms with Crippen molar-refractivity contribution in [1.82, 2.24) is 0 Å². The minimum Gasteiger partial charge on any atom is -0.0669 e. The molecule has 1 fully saturated rings. The van der Waals surface area contributed by atoms with Crippen LogP contribution in [0.15, 0.2) is 0 Å². The monoisotopic (exact) mass is 208 g/mol. The van der Waals surface area contributed by atoms with Crippen molar-refractivity contribution in [2.45, 2.75) is 83.4 Å². The van der Waals surface area contributed by atoms with Crippen LogP contribution in [0.2, 0.25) is 5.31 Å². The Hall–Kier alpha value is 0.0649. The van der Waals surface area contributed by atoms with Crippen molar-refractivity contribution in [3.63, 3.8) is 0 Å². The fourth-order valence-electron chi connectivity index (χ4n) is 3.13. The molecule has 2 atom stereocenters. The number of hydrogen-bond donors (Lipinski definition) is 0. The van der Waals surface area contributed by atoms with Crippen LogP contribution < -0.4 is 0 Å². The second kappa shape index (κ2) is 6.61. The van der Waals surface area contributed by atoms with E-state index in [-0.39, 0.29) is 0 Å². The normalized spacial score (nSPS) is 36.5. The largest absolute Gasteiger partial charge is 0.109 e. The first-order chi connectivity index (χ1) is 7.10. The van der Waals surface area contributed by atoms with E-state index in [9.17, 15) is 0 Å². The average molecular weight is 208 g/mol. The van der Waals surface area contributed by atoms with Crippen LogP contribution in [0.3, 0.4) is 0 Å². The molecule has 1 rings (SSSR count). The molecule has 15 heavy (non-hydrogen) atoms. The Balaban J connectivity index is 2.36. The van der Waals surface area contributed by atoms with Crippen molar-refractivity contribution >= 4 is 7.85 Å². The van der Waals surface area contributed by atoms with Crippen LogP contribution in [0.5, 0.6) is 0 Å². The first-order valence-corrected chi connectivity index (χ1v) is 7.10. The van der Waals surface area contributed by atoms with E-state index < -0.39 is 0 Å². The fraction of sp³-hybridized carbons (Fsp3) is 1.00. The summed E-state index contributed by atoms with van der Waals surface area (Å²) < 4.78 is 0. The highest BCUT2D eigenvalue weighted by Crippen LogP contribution is 2.37. The van der Waals surface area contributed by atoms with Gasteiger partial charge in [-0.05, 0) is 5.92 Å². The van der Waals surface area contributed by atoms with Gasteiger partial charge in [0.05, 0.1) is 0 Å². The summed E-state index contributed by atoms with van der Waals surface area (Å²) >= 11 is 0. The minimum atomic E-state index is 0.596. The van der Waals surface area contributed by atoms with Gasteiger partial charge >= 0.3 is 0 Å². The third-order valence-electron chi connectivity index (χ3n) is 3.95. The maximum atomic E-state index is 2.47. The summed E-state index contributed by atoms with van der Waals surface area (Å²) in [5, 5.41) is 0.596. The molecule has 2 unspecified atom stereocenters. The summed E-state index contributed by atoms with van der Waals surface area (Å²) in [5.74, 6) is 0.944.